The van der Waals surface area contributed by atoms with Gasteiger partial charge in [-0.15, -0.1) is 0 Å². The topological polar surface area (TPSA) is 130 Å². The van der Waals surface area contributed by atoms with Crippen molar-refractivity contribution in [3.05, 3.63) is 48.3 Å². The highest BCUT2D eigenvalue weighted by Gasteiger charge is 2.19. The maximum atomic E-state index is 12.2. The lowest BCUT2D eigenvalue weighted by molar-refractivity contribution is -0.137. The van der Waals surface area contributed by atoms with E-state index in [1.54, 1.807) is 7.05 Å². The Kier molecular flexibility index (Phi) is 7.08. The number of carboxylic acids is 1. The van der Waals surface area contributed by atoms with Crippen LogP contribution in [0.5, 0.6) is 0 Å². The van der Waals surface area contributed by atoms with E-state index in [4.69, 9.17) is 5.11 Å². The zero-order valence-corrected chi connectivity index (χ0v) is 15.6. The molecule has 1 aromatic carbocycles. The van der Waals surface area contributed by atoms with Gasteiger partial charge in [0.25, 0.3) is 0 Å². The van der Waals surface area contributed by atoms with Crippen LogP contribution in [-0.4, -0.2) is 47.8 Å². The number of sulfonamides is 1. The fraction of sp³-hybridized carbons (Fsp3) is 0.353. The highest BCUT2D eigenvalue weighted by molar-refractivity contribution is 7.89. The van der Waals surface area contributed by atoms with Crippen molar-refractivity contribution in [3.63, 3.8) is 0 Å². The lowest BCUT2D eigenvalue weighted by Gasteiger charge is -2.18. The number of carbonyl (C=O) groups is 2. The van der Waals surface area contributed by atoms with Gasteiger partial charge in [0.1, 0.15) is 4.90 Å². The van der Waals surface area contributed by atoms with Gasteiger partial charge in [-0.05, 0) is 18.4 Å². The van der Waals surface area contributed by atoms with E-state index in [-0.39, 0.29) is 17.7 Å². The Labute approximate surface area is 157 Å². The molecule has 0 spiro atoms. The third kappa shape index (κ3) is 6.83. The van der Waals surface area contributed by atoms with Gasteiger partial charge in [0.15, 0.2) is 0 Å². The maximum absolute atomic E-state index is 12.2. The van der Waals surface area contributed by atoms with Crippen LogP contribution < -0.4 is 10.0 Å². The van der Waals surface area contributed by atoms with Crippen molar-refractivity contribution >= 4 is 21.9 Å². The van der Waals surface area contributed by atoms with Crippen LogP contribution in [0.15, 0.2) is 47.6 Å². The first-order chi connectivity index (χ1) is 12.8. The minimum atomic E-state index is -3.84. The molecule has 0 bridgehead atoms. The standard InChI is InChI=1S/C17H22N4O5S/c1-21-12-15(10-18-21)27(25,26)19-11-16(22)20-14(7-8-17(23)24)9-13-5-3-2-4-6-13/h2-6,10,12,14,19H,7-9,11H2,1H3,(H,20,22)(H,23,24). The molecule has 146 valence electrons. The van der Waals surface area contributed by atoms with E-state index in [1.807, 2.05) is 30.3 Å². The second kappa shape index (κ2) is 9.28. The molecule has 1 unspecified atom stereocenters. The highest BCUT2D eigenvalue weighted by Crippen LogP contribution is 2.08. The molecule has 27 heavy (non-hydrogen) atoms. The lowest BCUT2D eigenvalue weighted by Crippen LogP contribution is -2.43. The summed E-state index contributed by atoms with van der Waals surface area (Å²) in [5.74, 6) is -1.49. The average molecular weight is 394 g/mol. The summed E-state index contributed by atoms with van der Waals surface area (Å²) in [6, 6.07) is 8.91. The van der Waals surface area contributed by atoms with Crippen LogP contribution in [0.2, 0.25) is 0 Å². The van der Waals surface area contributed by atoms with Gasteiger partial charge in [0.2, 0.25) is 15.9 Å². The number of aryl methyl sites for hydroxylation is 1. The Morgan fingerprint density at radius 3 is 2.56 bits per heavy atom. The molecule has 2 aromatic rings. The summed E-state index contributed by atoms with van der Waals surface area (Å²) < 4.78 is 27.8. The first kappa shape index (κ1) is 20.6. The molecule has 1 heterocycles. The first-order valence-corrected chi connectivity index (χ1v) is 9.78. The number of benzene rings is 1. The van der Waals surface area contributed by atoms with Crippen LogP contribution in [0.25, 0.3) is 0 Å². The number of hydrogen-bond acceptors (Lipinski definition) is 5. The Hall–Kier alpha value is -2.72. The molecular weight excluding hydrogens is 372 g/mol. The van der Waals surface area contributed by atoms with Gasteiger partial charge in [0.05, 0.1) is 12.7 Å². The third-order valence-corrected chi connectivity index (χ3v) is 5.17. The molecule has 0 radical (unpaired) electrons. The van der Waals surface area contributed by atoms with E-state index in [0.29, 0.717) is 6.42 Å². The summed E-state index contributed by atoms with van der Waals surface area (Å²) >= 11 is 0. The third-order valence-electron chi connectivity index (χ3n) is 3.81. The summed E-state index contributed by atoms with van der Waals surface area (Å²) in [5.41, 5.74) is 0.948. The quantitative estimate of drug-likeness (QED) is 0.531. The second-order valence-electron chi connectivity index (χ2n) is 6.06. The van der Waals surface area contributed by atoms with Crippen molar-refractivity contribution in [2.75, 3.05) is 6.54 Å². The fourth-order valence-electron chi connectivity index (χ4n) is 2.48. The average Bonchev–Trinajstić information content (AvgIpc) is 3.06. The molecule has 9 nitrogen and oxygen atoms in total. The number of amides is 1. The predicted molar refractivity (Wildman–Crippen MR) is 97.3 cm³/mol. The minimum absolute atomic E-state index is 0.0375. The molecule has 1 atom stereocenters. The van der Waals surface area contributed by atoms with Crippen molar-refractivity contribution < 1.29 is 23.1 Å². The summed E-state index contributed by atoms with van der Waals surface area (Å²) in [7, 11) is -2.26. The van der Waals surface area contributed by atoms with E-state index in [2.05, 4.69) is 15.1 Å². The molecule has 0 saturated carbocycles. The van der Waals surface area contributed by atoms with E-state index in [0.717, 1.165) is 5.56 Å². The van der Waals surface area contributed by atoms with Gasteiger partial charge in [-0.2, -0.15) is 5.10 Å². The number of nitrogens with zero attached hydrogens (tertiary/aromatic N) is 2. The molecule has 0 aliphatic heterocycles. The number of rotatable bonds is 10. The number of aromatic nitrogens is 2. The zero-order chi connectivity index (χ0) is 19.9. The van der Waals surface area contributed by atoms with Crippen LogP contribution >= 0.6 is 0 Å². The Morgan fingerprint density at radius 2 is 1.96 bits per heavy atom. The van der Waals surface area contributed by atoms with Gasteiger partial charge in [-0.3, -0.25) is 14.3 Å². The summed E-state index contributed by atoms with van der Waals surface area (Å²) in [4.78, 5) is 23.0. The Balaban J connectivity index is 1.94. The maximum Gasteiger partial charge on any atom is 0.303 e. The van der Waals surface area contributed by atoms with E-state index in [1.165, 1.54) is 17.1 Å². The van der Waals surface area contributed by atoms with Crippen molar-refractivity contribution in [3.8, 4) is 0 Å². The van der Waals surface area contributed by atoms with Crippen LogP contribution in [-0.2, 0) is 33.1 Å². The van der Waals surface area contributed by atoms with Crippen molar-refractivity contribution in [1.82, 2.24) is 19.8 Å². The summed E-state index contributed by atoms with van der Waals surface area (Å²) in [6.45, 7) is -0.449. The SMILES string of the molecule is Cn1cc(S(=O)(=O)NCC(=O)NC(CCC(=O)O)Cc2ccccc2)cn1. The summed E-state index contributed by atoms with van der Waals surface area (Å²) in [5, 5.41) is 15.4. The predicted octanol–water partition coefficient (Wildman–Crippen LogP) is 0.291. The summed E-state index contributed by atoms with van der Waals surface area (Å²) in [6.07, 6.45) is 3.11. The molecule has 1 amide bonds. The van der Waals surface area contributed by atoms with Crippen LogP contribution in [0.1, 0.15) is 18.4 Å². The second-order valence-corrected chi connectivity index (χ2v) is 7.83. The molecule has 0 saturated heterocycles. The number of aliphatic carboxylic acids is 1. The lowest BCUT2D eigenvalue weighted by atomic mass is 10.0. The van der Waals surface area contributed by atoms with Crippen molar-refractivity contribution in [2.24, 2.45) is 7.05 Å². The van der Waals surface area contributed by atoms with E-state index in [9.17, 15) is 18.0 Å². The molecule has 0 fully saturated rings. The largest absolute Gasteiger partial charge is 0.481 e. The van der Waals surface area contributed by atoms with Crippen LogP contribution in [0.4, 0.5) is 0 Å². The minimum Gasteiger partial charge on any atom is -0.481 e. The molecular formula is C17H22N4O5S. The van der Waals surface area contributed by atoms with Crippen molar-refractivity contribution in [2.45, 2.75) is 30.2 Å². The number of hydrogen-bond donors (Lipinski definition) is 3. The van der Waals surface area contributed by atoms with Crippen LogP contribution in [0.3, 0.4) is 0 Å². The Bertz CT molecular complexity index is 880. The van der Waals surface area contributed by atoms with Gasteiger partial charge in [-0.1, -0.05) is 30.3 Å². The van der Waals surface area contributed by atoms with Gasteiger partial charge < -0.3 is 10.4 Å². The van der Waals surface area contributed by atoms with Crippen LogP contribution in [0, 0.1) is 0 Å². The number of carbonyl (C=O) groups excluding carboxylic acids is 1. The van der Waals surface area contributed by atoms with E-state index >= 15 is 0 Å². The smallest absolute Gasteiger partial charge is 0.303 e. The van der Waals surface area contributed by atoms with Gasteiger partial charge in [-0.25, -0.2) is 13.1 Å². The number of carboxylic acid groups (broad SMARTS) is 1. The molecule has 0 aliphatic rings. The first-order valence-electron chi connectivity index (χ1n) is 8.29. The molecule has 1 aromatic heterocycles. The monoisotopic (exact) mass is 394 g/mol. The molecule has 0 aliphatic carbocycles. The normalized spacial score (nSPS) is 12.5. The highest BCUT2D eigenvalue weighted by atomic mass is 32.2. The van der Waals surface area contributed by atoms with Gasteiger partial charge >= 0.3 is 5.97 Å². The van der Waals surface area contributed by atoms with Gasteiger partial charge in [0, 0.05) is 25.7 Å². The van der Waals surface area contributed by atoms with E-state index < -0.39 is 34.5 Å². The molecule has 3 N–H and O–H groups in total. The zero-order valence-electron chi connectivity index (χ0n) is 14.8. The van der Waals surface area contributed by atoms with Crippen molar-refractivity contribution in [1.29, 1.82) is 0 Å². The fourth-order valence-corrected chi connectivity index (χ4v) is 3.45. The molecule has 2 rings (SSSR count). The Morgan fingerprint density at radius 1 is 1.26 bits per heavy atom. The number of nitrogens with one attached hydrogen (secondary N) is 2. The molecule has 10 heteroatoms.